The van der Waals surface area contributed by atoms with E-state index in [4.69, 9.17) is 9.88 Å². The molecule has 8 heteroatoms. The normalized spacial score (nSPS) is 13.9. The number of para-hydroxylation sites is 1. The summed E-state index contributed by atoms with van der Waals surface area (Å²) in [7, 11) is -4.20. The number of sulfonamides is 1. The van der Waals surface area contributed by atoms with Gasteiger partial charge in [0.2, 0.25) is 10.0 Å². The first kappa shape index (κ1) is 17.0. The fraction of sp³-hybridized carbons (Fsp3) is 0.118. The van der Waals surface area contributed by atoms with Crippen LogP contribution in [-0.2, 0) is 10.0 Å². The van der Waals surface area contributed by atoms with Gasteiger partial charge < -0.3 is 14.7 Å². The monoisotopic (exact) mass is 360 g/mol. The highest BCUT2D eigenvalue weighted by atomic mass is 32.2. The first-order valence-corrected chi connectivity index (χ1v) is 8.98. The topological polar surface area (TPSA) is 110 Å². The summed E-state index contributed by atoms with van der Waals surface area (Å²) in [6.07, 6.45) is 3.80. The smallest absolute Gasteiger partial charge is 0.335 e. The lowest BCUT2D eigenvalue weighted by Gasteiger charge is -2.23. The summed E-state index contributed by atoms with van der Waals surface area (Å²) < 4.78 is 29.9. The number of rotatable bonds is 5. The van der Waals surface area contributed by atoms with Crippen LogP contribution in [0.5, 0.6) is 11.5 Å². The first-order valence-electron chi connectivity index (χ1n) is 7.43. The number of primary sulfonamides is 1. The van der Waals surface area contributed by atoms with Crippen molar-refractivity contribution in [3.63, 3.8) is 0 Å². The predicted octanol–water partition coefficient (Wildman–Crippen LogP) is 2.20. The van der Waals surface area contributed by atoms with Crippen LogP contribution in [0, 0.1) is 0 Å². The fourth-order valence-electron chi connectivity index (χ4n) is 2.54. The number of nitrogens with two attached hydrogens (primary N) is 1. The number of anilines is 1. The average molecular weight is 360 g/mol. The third kappa shape index (κ3) is 3.65. The molecule has 2 aromatic carbocycles. The molecule has 1 heterocycles. The summed E-state index contributed by atoms with van der Waals surface area (Å²) >= 11 is 0. The number of ether oxygens (including phenoxy) is 1. The largest absolute Gasteiger partial charge is 0.478 e. The van der Waals surface area contributed by atoms with Crippen molar-refractivity contribution in [2.75, 3.05) is 18.0 Å². The number of carbonyl (C=O) groups is 1. The van der Waals surface area contributed by atoms with E-state index < -0.39 is 16.0 Å². The Morgan fingerprint density at radius 2 is 1.76 bits per heavy atom. The zero-order chi connectivity index (χ0) is 18.0. The van der Waals surface area contributed by atoms with Crippen molar-refractivity contribution in [2.24, 2.45) is 5.14 Å². The number of carboxylic acid groups (broad SMARTS) is 1. The van der Waals surface area contributed by atoms with Crippen LogP contribution in [-0.4, -0.2) is 32.6 Å². The van der Waals surface area contributed by atoms with Gasteiger partial charge in [0.1, 0.15) is 10.6 Å². The van der Waals surface area contributed by atoms with E-state index in [1.54, 1.807) is 35.2 Å². The molecule has 130 valence electrons. The van der Waals surface area contributed by atoms with Gasteiger partial charge in [0.15, 0.2) is 5.75 Å². The molecule has 0 atom stereocenters. The van der Waals surface area contributed by atoms with E-state index in [1.165, 1.54) is 6.07 Å². The van der Waals surface area contributed by atoms with Gasteiger partial charge in [-0.25, -0.2) is 18.4 Å². The minimum absolute atomic E-state index is 0.0161. The Kier molecular flexibility index (Phi) is 4.47. The van der Waals surface area contributed by atoms with Crippen LogP contribution in [0.15, 0.2) is 59.5 Å². The van der Waals surface area contributed by atoms with Crippen LogP contribution in [0.2, 0.25) is 0 Å². The highest BCUT2D eigenvalue weighted by molar-refractivity contribution is 7.89. The van der Waals surface area contributed by atoms with Crippen molar-refractivity contribution in [3.05, 3.63) is 60.2 Å². The highest BCUT2D eigenvalue weighted by Gasteiger charge is 2.26. The van der Waals surface area contributed by atoms with Crippen LogP contribution in [0.3, 0.4) is 0 Å². The lowest BCUT2D eigenvalue weighted by molar-refractivity contribution is 0.0696. The average Bonchev–Trinajstić information content (AvgIpc) is 3.09. The van der Waals surface area contributed by atoms with Crippen LogP contribution >= 0.6 is 0 Å². The number of hydrogen-bond donors (Lipinski definition) is 2. The van der Waals surface area contributed by atoms with E-state index in [1.807, 2.05) is 12.2 Å². The van der Waals surface area contributed by atoms with Crippen LogP contribution < -0.4 is 14.8 Å². The maximum atomic E-state index is 12.1. The molecule has 0 spiro atoms. The van der Waals surface area contributed by atoms with Crippen LogP contribution in [0.1, 0.15) is 10.4 Å². The van der Waals surface area contributed by atoms with Crippen LogP contribution in [0.25, 0.3) is 0 Å². The lowest BCUT2D eigenvalue weighted by atomic mass is 10.1. The Hall–Kier alpha value is -2.84. The number of aromatic carboxylic acids is 1. The van der Waals surface area contributed by atoms with Gasteiger partial charge in [0, 0.05) is 13.1 Å². The molecular weight excluding hydrogens is 344 g/mol. The molecule has 0 saturated carbocycles. The molecule has 0 saturated heterocycles. The third-order valence-electron chi connectivity index (χ3n) is 3.71. The van der Waals surface area contributed by atoms with Crippen molar-refractivity contribution in [3.8, 4) is 11.5 Å². The van der Waals surface area contributed by atoms with Crippen molar-refractivity contribution >= 4 is 21.7 Å². The summed E-state index contributed by atoms with van der Waals surface area (Å²) in [6, 6.07) is 11.0. The Balaban J connectivity index is 2.22. The molecule has 3 rings (SSSR count). The molecule has 0 aromatic heterocycles. The summed E-state index contributed by atoms with van der Waals surface area (Å²) in [5.41, 5.74) is 0.184. The van der Waals surface area contributed by atoms with E-state index >= 15 is 0 Å². The SMILES string of the molecule is NS(=O)(=O)c1cc(C(=O)O)cc(N2CC=CC2)c1Oc1ccccc1. The zero-order valence-corrected chi connectivity index (χ0v) is 13.9. The van der Waals surface area contributed by atoms with E-state index in [9.17, 15) is 18.3 Å². The van der Waals surface area contributed by atoms with Crippen molar-refractivity contribution < 1.29 is 23.1 Å². The van der Waals surface area contributed by atoms with E-state index in [-0.39, 0.29) is 16.2 Å². The van der Waals surface area contributed by atoms with Gasteiger partial charge in [-0.05, 0) is 24.3 Å². The fourth-order valence-corrected chi connectivity index (χ4v) is 3.24. The summed E-state index contributed by atoms with van der Waals surface area (Å²) in [5.74, 6) is -0.809. The van der Waals surface area contributed by atoms with Gasteiger partial charge in [-0.1, -0.05) is 30.4 Å². The second-order valence-corrected chi connectivity index (χ2v) is 6.99. The van der Waals surface area contributed by atoms with Gasteiger partial charge in [-0.15, -0.1) is 0 Å². The second-order valence-electron chi connectivity index (χ2n) is 5.46. The Labute approximate surface area is 145 Å². The molecule has 0 radical (unpaired) electrons. The van der Waals surface area contributed by atoms with Crippen LogP contribution in [0.4, 0.5) is 5.69 Å². The molecule has 25 heavy (non-hydrogen) atoms. The Morgan fingerprint density at radius 3 is 2.32 bits per heavy atom. The lowest BCUT2D eigenvalue weighted by Crippen LogP contribution is -2.22. The molecule has 0 unspecified atom stereocenters. The molecule has 1 aliphatic rings. The molecule has 2 aromatic rings. The van der Waals surface area contributed by atoms with Gasteiger partial charge in [0.05, 0.1) is 11.3 Å². The summed E-state index contributed by atoms with van der Waals surface area (Å²) in [5, 5.41) is 14.6. The number of benzene rings is 2. The van der Waals surface area contributed by atoms with Crippen molar-refractivity contribution in [1.82, 2.24) is 0 Å². The predicted molar refractivity (Wildman–Crippen MR) is 92.6 cm³/mol. The van der Waals surface area contributed by atoms with Gasteiger partial charge in [-0.2, -0.15) is 0 Å². The van der Waals surface area contributed by atoms with E-state index in [2.05, 4.69) is 0 Å². The third-order valence-corrected chi connectivity index (χ3v) is 4.63. The Morgan fingerprint density at radius 1 is 1.12 bits per heavy atom. The summed E-state index contributed by atoms with van der Waals surface area (Å²) in [4.78, 5) is 12.8. The molecular formula is C17H16N2O5S. The maximum Gasteiger partial charge on any atom is 0.335 e. The van der Waals surface area contributed by atoms with Crippen molar-refractivity contribution in [1.29, 1.82) is 0 Å². The second kappa shape index (κ2) is 6.58. The molecule has 0 bridgehead atoms. The molecule has 3 N–H and O–H groups in total. The molecule has 0 amide bonds. The van der Waals surface area contributed by atoms with E-state index in [0.29, 0.717) is 24.5 Å². The zero-order valence-electron chi connectivity index (χ0n) is 13.1. The van der Waals surface area contributed by atoms with Gasteiger partial charge in [0.25, 0.3) is 0 Å². The first-order chi connectivity index (χ1) is 11.9. The molecule has 0 fully saturated rings. The number of nitrogens with zero attached hydrogens (tertiary/aromatic N) is 1. The van der Waals surface area contributed by atoms with E-state index in [0.717, 1.165) is 6.07 Å². The minimum atomic E-state index is -4.20. The maximum absolute atomic E-state index is 12.1. The quantitative estimate of drug-likeness (QED) is 0.791. The molecule has 7 nitrogen and oxygen atoms in total. The minimum Gasteiger partial charge on any atom is -0.478 e. The van der Waals surface area contributed by atoms with Gasteiger partial charge >= 0.3 is 5.97 Å². The van der Waals surface area contributed by atoms with Gasteiger partial charge in [-0.3, -0.25) is 0 Å². The molecule has 0 aliphatic carbocycles. The Bertz CT molecular complexity index is 931. The number of carboxylic acids is 1. The molecule has 1 aliphatic heterocycles. The number of hydrogen-bond acceptors (Lipinski definition) is 5. The standard InChI is InChI=1S/C17H16N2O5S/c18-25(22,23)15-11-12(17(20)21)10-14(19-8-4-5-9-19)16(15)24-13-6-2-1-3-7-13/h1-7,10-11H,8-9H2,(H,20,21)(H2,18,22,23). The summed E-state index contributed by atoms with van der Waals surface area (Å²) in [6.45, 7) is 1.02. The highest BCUT2D eigenvalue weighted by Crippen LogP contribution is 2.39. The van der Waals surface area contributed by atoms with Crippen molar-refractivity contribution in [2.45, 2.75) is 4.90 Å².